The van der Waals surface area contributed by atoms with Crippen molar-refractivity contribution in [2.45, 2.75) is 10.2 Å². The first-order valence-electron chi connectivity index (χ1n) is 4.05. The Kier molecular flexibility index (Phi) is 2.60. The van der Waals surface area contributed by atoms with Crippen LogP contribution in [-0.4, -0.2) is 25.0 Å². The summed E-state index contributed by atoms with van der Waals surface area (Å²) in [6.07, 6.45) is 3.07. The third-order valence-corrected chi connectivity index (χ3v) is 2.71. The summed E-state index contributed by atoms with van der Waals surface area (Å²) in [7, 11) is 1.82. The number of aryl methyl sites for hydroxylation is 1. The minimum absolute atomic E-state index is 0.484. The summed E-state index contributed by atoms with van der Waals surface area (Å²) in [5.41, 5.74) is 0.484. The van der Waals surface area contributed by atoms with Gasteiger partial charge in [0.25, 0.3) is 0 Å². The van der Waals surface area contributed by atoms with Crippen molar-refractivity contribution in [1.82, 2.24) is 25.0 Å². The van der Waals surface area contributed by atoms with Crippen molar-refractivity contribution in [1.29, 1.82) is 5.26 Å². The van der Waals surface area contributed by atoms with E-state index in [9.17, 15) is 0 Å². The molecule has 0 aliphatic heterocycles. The Morgan fingerprint density at radius 3 is 2.93 bits per heavy atom. The molecule has 2 heterocycles. The number of hydrogen-bond acceptors (Lipinski definition) is 6. The number of nitriles is 1. The first-order chi connectivity index (χ1) is 7.31. The van der Waals surface area contributed by atoms with Gasteiger partial charge in [0.2, 0.25) is 0 Å². The largest absolute Gasteiger partial charge is 0.311 e. The van der Waals surface area contributed by atoms with Crippen LogP contribution in [0.4, 0.5) is 0 Å². The van der Waals surface area contributed by atoms with E-state index in [1.807, 2.05) is 13.1 Å². The van der Waals surface area contributed by atoms with Gasteiger partial charge in [-0.3, -0.25) is 0 Å². The average Bonchev–Trinajstić information content (AvgIpc) is 2.65. The Morgan fingerprint density at radius 1 is 1.40 bits per heavy atom. The maximum Gasteiger partial charge on any atom is 0.197 e. The van der Waals surface area contributed by atoms with Crippen LogP contribution in [0.2, 0.25) is 0 Å². The summed E-state index contributed by atoms with van der Waals surface area (Å²) < 4.78 is 1.75. The Labute approximate surface area is 90.0 Å². The third-order valence-electron chi connectivity index (χ3n) is 1.67. The standard InChI is InChI=1S/C8H6N6S/c1-14-5-11-13-8(14)15-7-6(4-9)2-3-10-12-7/h2-3,5H,1H3. The number of rotatable bonds is 2. The summed E-state index contributed by atoms with van der Waals surface area (Å²) in [5, 5.41) is 25.3. The molecule has 0 atom stereocenters. The first-order valence-corrected chi connectivity index (χ1v) is 4.86. The molecule has 0 fully saturated rings. The normalized spacial score (nSPS) is 9.87. The van der Waals surface area contributed by atoms with E-state index < -0.39 is 0 Å². The molecule has 0 amide bonds. The molecule has 2 rings (SSSR count). The van der Waals surface area contributed by atoms with Crippen LogP contribution in [0.5, 0.6) is 0 Å². The van der Waals surface area contributed by atoms with E-state index in [1.54, 1.807) is 17.0 Å². The van der Waals surface area contributed by atoms with Gasteiger partial charge in [0.05, 0.1) is 11.8 Å². The first kappa shape index (κ1) is 9.61. The molecular formula is C8H6N6S. The maximum atomic E-state index is 8.84. The molecule has 0 aliphatic rings. The summed E-state index contributed by atoms with van der Waals surface area (Å²) in [4.78, 5) is 0. The summed E-state index contributed by atoms with van der Waals surface area (Å²) in [5.74, 6) is 0. The molecule has 0 N–H and O–H groups in total. The van der Waals surface area contributed by atoms with Crippen molar-refractivity contribution in [2.24, 2.45) is 7.05 Å². The molecule has 0 radical (unpaired) electrons. The average molecular weight is 218 g/mol. The third kappa shape index (κ3) is 1.94. The van der Waals surface area contributed by atoms with Gasteiger partial charge in [-0.05, 0) is 17.8 Å². The molecule has 2 aromatic heterocycles. The van der Waals surface area contributed by atoms with Gasteiger partial charge < -0.3 is 4.57 Å². The Balaban J connectivity index is 2.33. The van der Waals surface area contributed by atoms with E-state index in [4.69, 9.17) is 5.26 Å². The highest BCUT2D eigenvalue weighted by molar-refractivity contribution is 7.99. The lowest BCUT2D eigenvalue weighted by molar-refractivity contribution is 0.784. The van der Waals surface area contributed by atoms with Crippen LogP contribution < -0.4 is 0 Å². The van der Waals surface area contributed by atoms with Crippen LogP contribution in [0.25, 0.3) is 0 Å². The zero-order valence-electron chi connectivity index (χ0n) is 7.82. The van der Waals surface area contributed by atoms with E-state index in [-0.39, 0.29) is 0 Å². The van der Waals surface area contributed by atoms with Crippen molar-refractivity contribution < 1.29 is 0 Å². The minimum atomic E-state index is 0.484. The lowest BCUT2D eigenvalue weighted by Gasteiger charge is -1.99. The molecular weight excluding hydrogens is 212 g/mol. The quantitative estimate of drug-likeness (QED) is 0.735. The van der Waals surface area contributed by atoms with E-state index in [1.165, 1.54) is 18.0 Å². The molecule has 0 aliphatic carbocycles. The Hall–Kier alpha value is -1.94. The van der Waals surface area contributed by atoms with Crippen LogP contribution in [0.1, 0.15) is 5.56 Å². The highest BCUT2D eigenvalue weighted by atomic mass is 32.2. The highest BCUT2D eigenvalue weighted by Crippen LogP contribution is 2.25. The predicted molar refractivity (Wildman–Crippen MR) is 51.9 cm³/mol. The second kappa shape index (κ2) is 4.06. The lowest BCUT2D eigenvalue weighted by atomic mass is 10.3. The van der Waals surface area contributed by atoms with Crippen LogP contribution in [0.15, 0.2) is 28.8 Å². The molecule has 0 spiro atoms. The fraction of sp³-hybridized carbons (Fsp3) is 0.125. The van der Waals surface area contributed by atoms with Crippen LogP contribution >= 0.6 is 11.8 Å². The Morgan fingerprint density at radius 2 is 2.27 bits per heavy atom. The van der Waals surface area contributed by atoms with Crippen molar-refractivity contribution >= 4 is 11.8 Å². The van der Waals surface area contributed by atoms with Gasteiger partial charge in [0.15, 0.2) is 5.16 Å². The van der Waals surface area contributed by atoms with E-state index in [0.29, 0.717) is 15.7 Å². The number of aromatic nitrogens is 5. The molecule has 0 aromatic carbocycles. The lowest BCUT2D eigenvalue weighted by Crippen LogP contribution is -1.93. The maximum absolute atomic E-state index is 8.84. The second-order valence-electron chi connectivity index (χ2n) is 2.69. The van der Waals surface area contributed by atoms with Crippen LogP contribution in [0, 0.1) is 11.3 Å². The fourth-order valence-electron chi connectivity index (χ4n) is 0.931. The SMILES string of the molecule is Cn1cnnc1Sc1nnccc1C#N. The zero-order chi connectivity index (χ0) is 10.7. The molecule has 0 unspecified atom stereocenters. The molecule has 0 bridgehead atoms. The monoisotopic (exact) mass is 218 g/mol. The zero-order valence-corrected chi connectivity index (χ0v) is 8.64. The van der Waals surface area contributed by atoms with E-state index in [2.05, 4.69) is 20.4 Å². The van der Waals surface area contributed by atoms with Crippen LogP contribution in [-0.2, 0) is 7.05 Å². The molecule has 0 saturated heterocycles. The smallest absolute Gasteiger partial charge is 0.197 e. The molecule has 7 heteroatoms. The summed E-state index contributed by atoms with van der Waals surface area (Å²) in [6.45, 7) is 0. The van der Waals surface area contributed by atoms with E-state index in [0.717, 1.165) is 0 Å². The van der Waals surface area contributed by atoms with Gasteiger partial charge in [-0.2, -0.15) is 10.4 Å². The molecule has 2 aromatic rings. The minimum Gasteiger partial charge on any atom is -0.311 e. The second-order valence-corrected chi connectivity index (χ2v) is 3.64. The van der Waals surface area contributed by atoms with Crippen molar-refractivity contribution in [3.63, 3.8) is 0 Å². The van der Waals surface area contributed by atoms with Gasteiger partial charge in [0.1, 0.15) is 17.4 Å². The summed E-state index contributed by atoms with van der Waals surface area (Å²) in [6, 6.07) is 3.66. The number of nitrogens with zero attached hydrogens (tertiary/aromatic N) is 6. The van der Waals surface area contributed by atoms with Gasteiger partial charge in [-0.15, -0.1) is 15.3 Å². The van der Waals surface area contributed by atoms with E-state index >= 15 is 0 Å². The van der Waals surface area contributed by atoms with Crippen molar-refractivity contribution in [2.75, 3.05) is 0 Å². The van der Waals surface area contributed by atoms with Gasteiger partial charge >= 0.3 is 0 Å². The molecule has 6 nitrogen and oxygen atoms in total. The number of hydrogen-bond donors (Lipinski definition) is 0. The molecule has 74 valence electrons. The Bertz CT molecular complexity index is 514. The van der Waals surface area contributed by atoms with Gasteiger partial charge in [-0.1, -0.05) is 0 Å². The molecule has 0 saturated carbocycles. The highest BCUT2D eigenvalue weighted by Gasteiger charge is 2.09. The molecule has 15 heavy (non-hydrogen) atoms. The van der Waals surface area contributed by atoms with Crippen LogP contribution in [0.3, 0.4) is 0 Å². The topological polar surface area (TPSA) is 80.3 Å². The van der Waals surface area contributed by atoms with Gasteiger partial charge in [-0.25, -0.2) is 0 Å². The fourth-order valence-corrected chi connectivity index (χ4v) is 1.69. The van der Waals surface area contributed by atoms with Crippen molar-refractivity contribution in [3.8, 4) is 6.07 Å². The van der Waals surface area contributed by atoms with Crippen molar-refractivity contribution in [3.05, 3.63) is 24.2 Å². The summed E-state index contributed by atoms with van der Waals surface area (Å²) >= 11 is 1.27. The van der Waals surface area contributed by atoms with Gasteiger partial charge in [0, 0.05) is 7.05 Å². The predicted octanol–water partition coefficient (Wildman–Crippen LogP) is 0.628.